The summed E-state index contributed by atoms with van der Waals surface area (Å²) in [5, 5.41) is 0. The molecule has 27 heavy (non-hydrogen) atoms. The van der Waals surface area contributed by atoms with Crippen LogP contribution < -0.4 is 19.1 Å². The van der Waals surface area contributed by atoms with E-state index in [1.165, 1.54) is 0 Å². The number of hydrogen-bond acceptors (Lipinski definition) is 5. The van der Waals surface area contributed by atoms with Gasteiger partial charge in [0, 0.05) is 23.9 Å². The smallest absolute Gasteiger partial charge is 0.245 e. The summed E-state index contributed by atoms with van der Waals surface area (Å²) in [6.45, 7) is 1.84. The van der Waals surface area contributed by atoms with E-state index in [9.17, 15) is 4.79 Å². The van der Waals surface area contributed by atoms with Crippen molar-refractivity contribution in [1.82, 2.24) is 0 Å². The molecule has 2 atom stereocenters. The molecule has 0 bridgehead atoms. The predicted octanol–water partition coefficient (Wildman–Crippen LogP) is 2.62. The van der Waals surface area contributed by atoms with Crippen LogP contribution in [0.2, 0.25) is 0 Å². The number of fused-ring (bicyclic) bond motifs is 5. The highest BCUT2D eigenvalue weighted by Gasteiger charge is 2.57. The maximum absolute atomic E-state index is 13.8. The highest BCUT2D eigenvalue weighted by Crippen LogP contribution is 2.55. The van der Waals surface area contributed by atoms with Crippen LogP contribution in [0.5, 0.6) is 17.2 Å². The second kappa shape index (κ2) is 5.39. The van der Waals surface area contributed by atoms with Gasteiger partial charge in [0.25, 0.3) is 0 Å². The number of rotatable bonds is 2. The number of benzene rings is 2. The fourth-order valence-corrected chi connectivity index (χ4v) is 4.74. The Morgan fingerprint density at radius 3 is 2.74 bits per heavy atom. The SMILES string of the molecule is O=C1N(CC2CCCO2)c2ccccc2C12COc1cc3c(cc12)OCO3. The molecular weight excluding hydrogens is 346 g/mol. The van der Waals surface area contributed by atoms with Gasteiger partial charge in [-0.1, -0.05) is 18.2 Å². The van der Waals surface area contributed by atoms with Crippen molar-refractivity contribution < 1.29 is 23.7 Å². The van der Waals surface area contributed by atoms with E-state index >= 15 is 0 Å². The minimum absolute atomic E-state index is 0.0526. The van der Waals surface area contributed by atoms with Gasteiger partial charge >= 0.3 is 0 Å². The Kier molecular flexibility index (Phi) is 3.06. The van der Waals surface area contributed by atoms with Crippen molar-refractivity contribution in [3.05, 3.63) is 47.5 Å². The van der Waals surface area contributed by atoms with Crippen LogP contribution in [0.25, 0.3) is 0 Å². The van der Waals surface area contributed by atoms with Crippen LogP contribution in [0.4, 0.5) is 5.69 Å². The van der Waals surface area contributed by atoms with Crippen LogP contribution in [-0.2, 0) is 14.9 Å². The van der Waals surface area contributed by atoms with Gasteiger partial charge in [-0.05, 0) is 30.5 Å². The highest BCUT2D eigenvalue weighted by atomic mass is 16.7. The quantitative estimate of drug-likeness (QED) is 0.819. The van der Waals surface area contributed by atoms with Crippen LogP contribution in [0, 0.1) is 0 Å². The van der Waals surface area contributed by atoms with E-state index in [2.05, 4.69) is 0 Å². The van der Waals surface area contributed by atoms with Crippen LogP contribution in [0.3, 0.4) is 0 Å². The maximum Gasteiger partial charge on any atom is 0.245 e. The van der Waals surface area contributed by atoms with E-state index in [1.54, 1.807) is 0 Å². The number of anilines is 1. The maximum atomic E-state index is 13.8. The molecule has 1 fully saturated rings. The minimum atomic E-state index is -0.828. The van der Waals surface area contributed by atoms with Crippen LogP contribution in [0.15, 0.2) is 36.4 Å². The molecule has 0 saturated carbocycles. The molecule has 0 radical (unpaired) electrons. The summed E-state index contributed by atoms with van der Waals surface area (Å²) in [5.41, 5.74) is 1.97. The molecule has 138 valence electrons. The third kappa shape index (κ3) is 1.96. The topological polar surface area (TPSA) is 57.2 Å². The lowest BCUT2D eigenvalue weighted by Crippen LogP contribution is -2.44. The van der Waals surface area contributed by atoms with E-state index in [-0.39, 0.29) is 18.8 Å². The molecule has 6 rings (SSSR count). The molecular formula is C21H19NO5. The van der Waals surface area contributed by atoms with Crippen LogP contribution in [0.1, 0.15) is 24.0 Å². The third-order valence-corrected chi connectivity index (χ3v) is 6.05. The molecule has 2 aromatic rings. The van der Waals surface area contributed by atoms with Crippen molar-refractivity contribution in [2.24, 2.45) is 0 Å². The molecule has 0 aromatic heterocycles. The minimum Gasteiger partial charge on any atom is -0.491 e. The van der Waals surface area contributed by atoms with Gasteiger partial charge in [0.1, 0.15) is 17.8 Å². The largest absolute Gasteiger partial charge is 0.491 e. The second-order valence-electron chi connectivity index (χ2n) is 7.46. The molecule has 4 aliphatic rings. The summed E-state index contributed by atoms with van der Waals surface area (Å²) in [6.07, 6.45) is 2.13. The van der Waals surface area contributed by atoms with Gasteiger partial charge in [-0.25, -0.2) is 0 Å². The average Bonchev–Trinajstić information content (AvgIpc) is 3.46. The number of amides is 1. The molecule has 6 heteroatoms. The summed E-state index contributed by atoms with van der Waals surface area (Å²) in [4.78, 5) is 15.6. The van der Waals surface area contributed by atoms with E-state index < -0.39 is 5.41 Å². The highest BCUT2D eigenvalue weighted by molar-refractivity contribution is 6.11. The lowest BCUT2D eigenvalue weighted by molar-refractivity contribution is -0.122. The summed E-state index contributed by atoms with van der Waals surface area (Å²) in [7, 11) is 0. The summed E-state index contributed by atoms with van der Waals surface area (Å²) < 4.78 is 22.8. The normalized spacial score (nSPS) is 27.2. The van der Waals surface area contributed by atoms with Gasteiger partial charge in [0.2, 0.25) is 12.7 Å². The van der Waals surface area contributed by atoms with Gasteiger partial charge < -0.3 is 23.8 Å². The summed E-state index contributed by atoms with van der Waals surface area (Å²) >= 11 is 0. The fourth-order valence-electron chi connectivity index (χ4n) is 4.74. The van der Waals surface area contributed by atoms with E-state index in [0.29, 0.717) is 30.4 Å². The van der Waals surface area contributed by atoms with Crippen molar-refractivity contribution in [3.8, 4) is 17.2 Å². The molecule has 4 aliphatic heterocycles. The lowest BCUT2D eigenvalue weighted by Gasteiger charge is -2.24. The van der Waals surface area contributed by atoms with E-state index in [4.69, 9.17) is 18.9 Å². The first kappa shape index (κ1) is 15.3. The van der Waals surface area contributed by atoms with Crippen LogP contribution >= 0.6 is 0 Å². The van der Waals surface area contributed by atoms with Crippen molar-refractivity contribution in [2.75, 3.05) is 31.5 Å². The summed E-state index contributed by atoms with van der Waals surface area (Å²) in [5.74, 6) is 2.08. The fraction of sp³-hybridized carbons (Fsp3) is 0.381. The Hall–Kier alpha value is -2.73. The molecule has 0 aliphatic carbocycles. The zero-order valence-electron chi connectivity index (χ0n) is 14.8. The first-order valence-electron chi connectivity index (χ1n) is 9.37. The summed E-state index contributed by atoms with van der Waals surface area (Å²) in [6, 6.07) is 11.8. The molecule has 2 aromatic carbocycles. The van der Waals surface area contributed by atoms with Crippen molar-refractivity contribution >= 4 is 11.6 Å². The first-order chi connectivity index (χ1) is 13.3. The Morgan fingerprint density at radius 1 is 1.04 bits per heavy atom. The van der Waals surface area contributed by atoms with Gasteiger partial charge in [-0.15, -0.1) is 0 Å². The zero-order valence-corrected chi connectivity index (χ0v) is 14.8. The van der Waals surface area contributed by atoms with Gasteiger partial charge in [-0.3, -0.25) is 4.79 Å². The van der Waals surface area contributed by atoms with Gasteiger partial charge in [0.05, 0.1) is 12.6 Å². The first-order valence-corrected chi connectivity index (χ1v) is 9.37. The van der Waals surface area contributed by atoms with E-state index in [0.717, 1.165) is 36.3 Å². The lowest BCUT2D eigenvalue weighted by atomic mass is 9.77. The Bertz CT molecular complexity index is 952. The van der Waals surface area contributed by atoms with Crippen molar-refractivity contribution in [2.45, 2.75) is 24.4 Å². The number of carbonyl (C=O) groups is 1. The number of hydrogen-bond donors (Lipinski definition) is 0. The third-order valence-electron chi connectivity index (χ3n) is 6.05. The van der Waals surface area contributed by atoms with Crippen molar-refractivity contribution in [3.63, 3.8) is 0 Å². The molecule has 2 unspecified atom stereocenters. The predicted molar refractivity (Wildman–Crippen MR) is 96.6 cm³/mol. The number of nitrogens with zero attached hydrogens (tertiary/aromatic N) is 1. The number of ether oxygens (including phenoxy) is 4. The molecule has 0 N–H and O–H groups in total. The molecule has 6 nitrogen and oxygen atoms in total. The van der Waals surface area contributed by atoms with Gasteiger partial charge in [0.15, 0.2) is 11.5 Å². The van der Waals surface area contributed by atoms with E-state index in [1.807, 2.05) is 41.3 Å². The monoisotopic (exact) mass is 365 g/mol. The Morgan fingerprint density at radius 2 is 1.89 bits per heavy atom. The second-order valence-corrected chi connectivity index (χ2v) is 7.46. The number of para-hydroxylation sites is 1. The van der Waals surface area contributed by atoms with Crippen molar-refractivity contribution in [1.29, 1.82) is 0 Å². The Labute approximate surface area is 156 Å². The average molecular weight is 365 g/mol. The molecule has 1 spiro atoms. The molecule has 1 amide bonds. The standard InChI is InChI=1S/C21H19NO5/c23-20-21(11-25-17-9-19-18(8-15(17)21)26-12-27-19)14-5-1-2-6-16(14)22(20)10-13-4-3-7-24-13/h1-2,5-6,8-9,13H,3-4,7,10-12H2. The van der Waals surface area contributed by atoms with Gasteiger partial charge in [-0.2, -0.15) is 0 Å². The number of carbonyl (C=O) groups excluding carboxylic acids is 1. The zero-order chi connectivity index (χ0) is 18.0. The molecule has 1 saturated heterocycles. The van der Waals surface area contributed by atoms with Crippen LogP contribution in [-0.4, -0.2) is 38.6 Å². The Balaban J connectivity index is 1.49. The molecule has 4 heterocycles.